The van der Waals surface area contributed by atoms with Gasteiger partial charge in [-0.2, -0.15) is 0 Å². The van der Waals surface area contributed by atoms with Gasteiger partial charge in [0.1, 0.15) is 12.6 Å². The summed E-state index contributed by atoms with van der Waals surface area (Å²) in [6, 6.07) is 8.70. The number of rotatable bonds is 9. The van der Waals surface area contributed by atoms with Gasteiger partial charge in [0.2, 0.25) is 17.7 Å². The molecule has 1 aromatic carbocycles. The predicted octanol–water partition coefficient (Wildman–Crippen LogP) is 1.17. The Balaban J connectivity index is 1.81. The van der Waals surface area contributed by atoms with E-state index in [1.54, 1.807) is 4.90 Å². The van der Waals surface area contributed by atoms with Crippen LogP contribution >= 0.6 is 0 Å². The highest BCUT2D eigenvalue weighted by atomic mass is 16.6. The highest BCUT2D eigenvalue weighted by molar-refractivity contribution is 5.90. The van der Waals surface area contributed by atoms with E-state index in [-0.39, 0.29) is 30.9 Å². The fourth-order valence-electron chi connectivity index (χ4n) is 3.42. The minimum Gasteiger partial charge on any atom is -0.445 e. The molecule has 1 heterocycles. The molecule has 1 aliphatic heterocycles. The number of hydrogen-bond donors (Lipinski definition) is 3. The molecule has 2 rings (SSSR count). The summed E-state index contributed by atoms with van der Waals surface area (Å²) < 4.78 is 5.35. The van der Waals surface area contributed by atoms with Crippen molar-refractivity contribution in [3.8, 4) is 0 Å². The fourth-order valence-corrected chi connectivity index (χ4v) is 3.42. The van der Waals surface area contributed by atoms with Crippen LogP contribution in [0.15, 0.2) is 30.3 Å². The lowest BCUT2D eigenvalue weighted by Gasteiger charge is -2.31. The van der Waals surface area contributed by atoms with Crippen molar-refractivity contribution in [2.24, 2.45) is 17.6 Å². The number of likely N-dealkylation sites (tertiary alicyclic amines) is 1. The average Bonchev–Trinajstić information content (AvgIpc) is 2.75. The van der Waals surface area contributed by atoms with Crippen molar-refractivity contribution in [2.45, 2.75) is 45.8 Å². The Morgan fingerprint density at radius 1 is 1.13 bits per heavy atom. The maximum absolute atomic E-state index is 12.7. The molecule has 4 N–H and O–H groups in total. The maximum Gasteiger partial charge on any atom is 0.410 e. The smallest absolute Gasteiger partial charge is 0.410 e. The molecule has 0 aliphatic carbocycles. The second-order valence-corrected chi connectivity index (χ2v) is 8.18. The third-order valence-corrected chi connectivity index (χ3v) is 5.11. The summed E-state index contributed by atoms with van der Waals surface area (Å²) in [6.07, 6.45) is 1.03. The molecule has 0 bridgehead atoms. The van der Waals surface area contributed by atoms with Crippen LogP contribution in [0.1, 0.15) is 38.7 Å². The van der Waals surface area contributed by atoms with Gasteiger partial charge in [-0.1, -0.05) is 44.2 Å². The van der Waals surface area contributed by atoms with Crippen LogP contribution in [0.2, 0.25) is 0 Å². The number of hydrogen-bond acceptors (Lipinski definition) is 5. The zero-order chi connectivity index (χ0) is 22.8. The molecule has 4 amide bonds. The predicted molar refractivity (Wildman–Crippen MR) is 115 cm³/mol. The number of benzene rings is 1. The quantitative estimate of drug-likeness (QED) is 0.539. The molecule has 1 aromatic rings. The molecule has 1 atom stereocenters. The van der Waals surface area contributed by atoms with Gasteiger partial charge in [0, 0.05) is 19.0 Å². The summed E-state index contributed by atoms with van der Waals surface area (Å²) in [5, 5.41) is 5.24. The molecular formula is C22H32N4O5. The SMILES string of the molecule is CC(C)CC(NC(=O)C1CCN(C(=O)OCc2ccccc2)CC1)C(=O)NCC(N)=O. The Morgan fingerprint density at radius 2 is 1.77 bits per heavy atom. The first kappa shape index (κ1) is 24.2. The number of nitrogens with one attached hydrogen (secondary N) is 2. The van der Waals surface area contributed by atoms with E-state index in [9.17, 15) is 19.2 Å². The summed E-state index contributed by atoms with van der Waals surface area (Å²) in [5.74, 6) is -1.42. The van der Waals surface area contributed by atoms with Crippen molar-refractivity contribution < 1.29 is 23.9 Å². The Hall–Kier alpha value is -3.10. The maximum atomic E-state index is 12.7. The van der Waals surface area contributed by atoms with E-state index in [0.29, 0.717) is 32.4 Å². The second-order valence-electron chi connectivity index (χ2n) is 8.18. The minimum atomic E-state index is -0.735. The van der Waals surface area contributed by atoms with Crippen LogP contribution in [0.3, 0.4) is 0 Å². The normalized spacial score (nSPS) is 15.3. The highest BCUT2D eigenvalue weighted by Gasteiger charge is 2.31. The van der Waals surface area contributed by atoms with E-state index in [4.69, 9.17) is 10.5 Å². The molecule has 1 fully saturated rings. The van der Waals surface area contributed by atoms with E-state index in [0.717, 1.165) is 5.56 Å². The third kappa shape index (κ3) is 8.27. The van der Waals surface area contributed by atoms with Gasteiger partial charge in [-0.3, -0.25) is 14.4 Å². The molecule has 31 heavy (non-hydrogen) atoms. The van der Waals surface area contributed by atoms with E-state index in [2.05, 4.69) is 10.6 Å². The lowest BCUT2D eigenvalue weighted by atomic mass is 9.95. The zero-order valence-corrected chi connectivity index (χ0v) is 18.1. The molecule has 170 valence electrons. The molecule has 9 nitrogen and oxygen atoms in total. The van der Waals surface area contributed by atoms with E-state index >= 15 is 0 Å². The van der Waals surface area contributed by atoms with Gasteiger partial charge in [0.15, 0.2) is 0 Å². The number of carbonyl (C=O) groups is 4. The van der Waals surface area contributed by atoms with Crippen molar-refractivity contribution >= 4 is 23.8 Å². The third-order valence-electron chi connectivity index (χ3n) is 5.11. The molecule has 1 aliphatic rings. The first-order chi connectivity index (χ1) is 14.8. The van der Waals surface area contributed by atoms with Crippen LogP contribution in [0.5, 0.6) is 0 Å². The van der Waals surface area contributed by atoms with Crippen molar-refractivity contribution in [2.75, 3.05) is 19.6 Å². The van der Waals surface area contributed by atoms with Crippen molar-refractivity contribution in [1.82, 2.24) is 15.5 Å². The zero-order valence-electron chi connectivity index (χ0n) is 18.1. The Kier molecular flexibility index (Phi) is 9.30. The van der Waals surface area contributed by atoms with Crippen molar-refractivity contribution in [3.05, 3.63) is 35.9 Å². The van der Waals surface area contributed by atoms with Gasteiger partial charge < -0.3 is 26.0 Å². The summed E-state index contributed by atoms with van der Waals surface area (Å²) in [7, 11) is 0. The number of nitrogens with two attached hydrogens (primary N) is 1. The Bertz CT molecular complexity index is 760. The van der Waals surface area contributed by atoms with Gasteiger partial charge in [-0.25, -0.2) is 4.79 Å². The molecule has 9 heteroatoms. The topological polar surface area (TPSA) is 131 Å². The lowest BCUT2D eigenvalue weighted by molar-refractivity contribution is -0.132. The van der Waals surface area contributed by atoms with Crippen LogP contribution in [-0.2, 0) is 25.7 Å². The Morgan fingerprint density at radius 3 is 2.35 bits per heavy atom. The average molecular weight is 433 g/mol. The van der Waals surface area contributed by atoms with Crippen LogP contribution in [0.4, 0.5) is 4.79 Å². The summed E-state index contributed by atoms with van der Waals surface area (Å²) in [5.41, 5.74) is 5.98. The van der Waals surface area contributed by atoms with Gasteiger partial charge in [-0.15, -0.1) is 0 Å². The molecular weight excluding hydrogens is 400 g/mol. The first-order valence-electron chi connectivity index (χ1n) is 10.6. The van der Waals surface area contributed by atoms with Crippen LogP contribution < -0.4 is 16.4 Å². The molecule has 1 saturated heterocycles. The summed E-state index contributed by atoms with van der Waals surface area (Å²) in [6.45, 7) is 4.65. The monoisotopic (exact) mass is 432 g/mol. The van der Waals surface area contributed by atoms with Crippen LogP contribution in [0, 0.1) is 11.8 Å². The van der Waals surface area contributed by atoms with Crippen LogP contribution in [-0.4, -0.2) is 54.4 Å². The highest BCUT2D eigenvalue weighted by Crippen LogP contribution is 2.19. The number of primary amides is 1. The van der Waals surface area contributed by atoms with Gasteiger partial charge in [0.25, 0.3) is 0 Å². The molecule has 0 saturated carbocycles. The fraction of sp³-hybridized carbons (Fsp3) is 0.545. The van der Waals surface area contributed by atoms with Crippen LogP contribution in [0.25, 0.3) is 0 Å². The van der Waals surface area contributed by atoms with Gasteiger partial charge in [0.05, 0.1) is 6.54 Å². The van der Waals surface area contributed by atoms with E-state index in [1.807, 2.05) is 44.2 Å². The molecule has 0 radical (unpaired) electrons. The van der Waals surface area contributed by atoms with Gasteiger partial charge in [-0.05, 0) is 30.7 Å². The largest absolute Gasteiger partial charge is 0.445 e. The number of nitrogens with zero attached hydrogens (tertiary/aromatic N) is 1. The summed E-state index contributed by atoms with van der Waals surface area (Å²) in [4.78, 5) is 49.8. The van der Waals surface area contributed by atoms with Crippen molar-refractivity contribution in [1.29, 1.82) is 0 Å². The van der Waals surface area contributed by atoms with Crippen molar-refractivity contribution in [3.63, 3.8) is 0 Å². The molecule has 0 aromatic heterocycles. The van der Waals surface area contributed by atoms with E-state index in [1.165, 1.54) is 0 Å². The summed E-state index contributed by atoms with van der Waals surface area (Å²) >= 11 is 0. The number of piperidine rings is 1. The Labute approximate surface area is 182 Å². The standard InChI is InChI=1S/C22H32N4O5/c1-15(2)12-18(21(29)24-13-19(23)27)25-20(28)17-8-10-26(11-9-17)22(30)31-14-16-6-4-3-5-7-16/h3-7,15,17-18H,8-14H2,1-2H3,(H2,23,27)(H,24,29)(H,25,28). The number of carbonyl (C=O) groups excluding carboxylic acids is 4. The van der Waals surface area contributed by atoms with E-state index < -0.39 is 23.9 Å². The molecule has 1 unspecified atom stereocenters. The van der Waals surface area contributed by atoms with Gasteiger partial charge >= 0.3 is 6.09 Å². The molecule has 0 spiro atoms. The first-order valence-corrected chi connectivity index (χ1v) is 10.6. The number of amides is 4. The lowest BCUT2D eigenvalue weighted by Crippen LogP contribution is -2.51. The number of ether oxygens (including phenoxy) is 1. The minimum absolute atomic E-state index is 0.172. The second kappa shape index (κ2) is 11.9.